The number of ether oxygens (including phenoxy) is 3. The molecule has 4 rings (SSSR count). The van der Waals surface area contributed by atoms with Gasteiger partial charge >= 0.3 is 0 Å². The van der Waals surface area contributed by atoms with Gasteiger partial charge in [-0.2, -0.15) is 0 Å². The fraction of sp³-hybridized carbons (Fsp3) is 0.607. The Hall–Kier alpha value is -2.33. The Balaban J connectivity index is 1.41. The molecule has 1 aliphatic carbocycles. The van der Waals surface area contributed by atoms with Crippen LogP contribution in [0.3, 0.4) is 0 Å². The second kappa shape index (κ2) is 13.0. The maximum atomic E-state index is 14.9. The molecule has 0 bridgehead atoms. The molecule has 2 heterocycles. The molecule has 1 aromatic heterocycles. The fourth-order valence-electron chi connectivity index (χ4n) is 5.34. The molecule has 1 atom stereocenters. The summed E-state index contributed by atoms with van der Waals surface area (Å²) in [5, 5.41) is 10.4. The standard InChI is InChI=1S/C28H40F2N4O3/c1-19(17-35-2)33-20-4-6-21(7-5-20)34-27-15-24(26(30)16-31-27)23-14-22(8-9-25(23)29)32-18-28(36-3)10-12-37-13-11-28/h8-9,14-16,19-21,32-33H,4-7,10-13,17-18H2,1-3H3,(H,31,34). The van der Waals surface area contributed by atoms with Crippen molar-refractivity contribution in [3.05, 3.63) is 42.1 Å². The third kappa shape index (κ3) is 7.37. The van der Waals surface area contributed by atoms with E-state index in [1.165, 1.54) is 12.3 Å². The first-order valence-electron chi connectivity index (χ1n) is 13.2. The van der Waals surface area contributed by atoms with Crippen molar-refractivity contribution in [2.75, 3.05) is 51.2 Å². The van der Waals surface area contributed by atoms with Crippen LogP contribution in [0.2, 0.25) is 0 Å². The molecule has 1 aromatic carbocycles. The molecule has 1 saturated heterocycles. The minimum atomic E-state index is -0.556. The quantitative estimate of drug-likeness (QED) is 0.387. The van der Waals surface area contributed by atoms with Crippen LogP contribution in [0.1, 0.15) is 45.4 Å². The summed E-state index contributed by atoms with van der Waals surface area (Å²) < 4.78 is 46.2. The second-order valence-corrected chi connectivity index (χ2v) is 10.3. The Morgan fingerprint density at radius 2 is 1.73 bits per heavy atom. The SMILES string of the molecule is COCC(C)NC1CCC(Nc2cc(-c3cc(NCC4(OC)CCOCC4)ccc3F)c(F)cn2)CC1. The summed E-state index contributed by atoms with van der Waals surface area (Å²) in [6.45, 7) is 4.67. The number of nitrogens with one attached hydrogen (secondary N) is 3. The van der Waals surface area contributed by atoms with E-state index in [0.29, 0.717) is 50.0 Å². The van der Waals surface area contributed by atoms with Gasteiger partial charge in [0.25, 0.3) is 0 Å². The van der Waals surface area contributed by atoms with Gasteiger partial charge in [-0.1, -0.05) is 0 Å². The number of hydrogen-bond acceptors (Lipinski definition) is 7. The molecule has 1 saturated carbocycles. The zero-order valence-corrected chi connectivity index (χ0v) is 22.1. The summed E-state index contributed by atoms with van der Waals surface area (Å²) >= 11 is 0. The van der Waals surface area contributed by atoms with E-state index in [1.54, 1.807) is 32.4 Å². The lowest BCUT2D eigenvalue weighted by atomic mass is 9.90. The fourth-order valence-corrected chi connectivity index (χ4v) is 5.34. The Bertz CT molecular complexity index is 1010. The average Bonchev–Trinajstić information content (AvgIpc) is 2.91. The third-order valence-electron chi connectivity index (χ3n) is 7.58. The van der Waals surface area contributed by atoms with Gasteiger partial charge in [0.1, 0.15) is 17.5 Å². The summed E-state index contributed by atoms with van der Waals surface area (Å²) in [5.41, 5.74) is 0.766. The van der Waals surface area contributed by atoms with Crippen molar-refractivity contribution < 1.29 is 23.0 Å². The van der Waals surface area contributed by atoms with E-state index in [0.717, 1.165) is 38.5 Å². The number of nitrogens with zero attached hydrogens (tertiary/aromatic N) is 1. The van der Waals surface area contributed by atoms with Crippen molar-refractivity contribution in [1.29, 1.82) is 0 Å². The molecule has 2 aliphatic rings. The number of benzene rings is 1. The highest BCUT2D eigenvalue weighted by Gasteiger charge is 2.32. The Labute approximate surface area is 218 Å². The third-order valence-corrected chi connectivity index (χ3v) is 7.58. The zero-order chi connectivity index (χ0) is 26.3. The summed E-state index contributed by atoms with van der Waals surface area (Å²) in [6.07, 6.45) is 6.76. The first-order valence-corrected chi connectivity index (χ1v) is 13.2. The second-order valence-electron chi connectivity index (χ2n) is 10.3. The summed E-state index contributed by atoms with van der Waals surface area (Å²) in [6, 6.07) is 7.31. The molecule has 2 fully saturated rings. The minimum absolute atomic E-state index is 0.190. The van der Waals surface area contributed by atoms with Crippen molar-refractivity contribution in [2.24, 2.45) is 0 Å². The van der Waals surface area contributed by atoms with Crippen molar-refractivity contribution in [3.8, 4) is 11.1 Å². The van der Waals surface area contributed by atoms with Crippen LogP contribution in [0.5, 0.6) is 0 Å². The molecular formula is C28H40F2N4O3. The molecule has 7 nitrogen and oxygen atoms in total. The number of hydrogen-bond donors (Lipinski definition) is 3. The molecule has 1 unspecified atom stereocenters. The zero-order valence-electron chi connectivity index (χ0n) is 22.1. The van der Waals surface area contributed by atoms with Crippen molar-refractivity contribution >= 4 is 11.5 Å². The molecule has 3 N–H and O–H groups in total. The van der Waals surface area contributed by atoms with Crippen LogP contribution >= 0.6 is 0 Å². The molecule has 0 radical (unpaired) electrons. The lowest BCUT2D eigenvalue weighted by Gasteiger charge is -2.36. The minimum Gasteiger partial charge on any atom is -0.383 e. The van der Waals surface area contributed by atoms with Gasteiger partial charge in [-0.25, -0.2) is 13.8 Å². The van der Waals surface area contributed by atoms with Gasteiger partial charge in [0.15, 0.2) is 0 Å². The van der Waals surface area contributed by atoms with Crippen LogP contribution in [0.15, 0.2) is 30.5 Å². The van der Waals surface area contributed by atoms with Gasteiger partial charge in [-0.3, -0.25) is 0 Å². The first-order chi connectivity index (χ1) is 17.9. The summed E-state index contributed by atoms with van der Waals surface area (Å²) in [4.78, 5) is 4.24. The number of methoxy groups -OCH3 is 2. The van der Waals surface area contributed by atoms with Gasteiger partial charge in [0, 0.05) is 81.8 Å². The van der Waals surface area contributed by atoms with E-state index in [2.05, 4.69) is 27.9 Å². The summed E-state index contributed by atoms with van der Waals surface area (Å²) in [7, 11) is 3.42. The lowest BCUT2D eigenvalue weighted by molar-refractivity contribution is -0.0807. The maximum Gasteiger partial charge on any atom is 0.149 e. The first kappa shape index (κ1) is 27.7. The molecule has 1 aliphatic heterocycles. The molecule has 204 valence electrons. The monoisotopic (exact) mass is 518 g/mol. The number of aromatic nitrogens is 1. The van der Waals surface area contributed by atoms with Crippen molar-refractivity contribution in [2.45, 2.75) is 69.2 Å². The Kier molecular flexibility index (Phi) is 9.70. The molecule has 37 heavy (non-hydrogen) atoms. The van der Waals surface area contributed by atoms with Gasteiger partial charge < -0.3 is 30.2 Å². The van der Waals surface area contributed by atoms with Crippen LogP contribution < -0.4 is 16.0 Å². The predicted molar refractivity (Wildman–Crippen MR) is 142 cm³/mol. The molecule has 0 spiro atoms. The highest BCUT2D eigenvalue weighted by molar-refractivity contribution is 5.71. The summed E-state index contributed by atoms with van der Waals surface area (Å²) in [5.74, 6) is -0.482. The van der Waals surface area contributed by atoms with Gasteiger partial charge in [-0.15, -0.1) is 0 Å². The topological polar surface area (TPSA) is 76.7 Å². The highest BCUT2D eigenvalue weighted by atomic mass is 19.1. The maximum absolute atomic E-state index is 14.9. The van der Waals surface area contributed by atoms with Crippen LogP contribution in [-0.2, 0) is 14.2 Å². The van der Waals surface area contributed by atoms with E-state index in [9.17, 15) is 8.78 Å². The molecule has 0 amide bonds. The lowest BCUT2D eigenvalue weighted by Crippen LogP contribution is -2.44. The van der Waals surface area contributed by atoms with Crippen molar-refractivity contribution in [1.82, 2.24) is 10.3 Å². The van der Waals surface area contributed by atoms with E-state index in [4.69, 9.17) is 14.2 Å². The molecular weight excluding hydrogens is 478 g/mol. The number of anilines is 2. The molecule has 9 heteroatoms. The number of halogens is 2. The Morgan fingerprint density at radius 3 is 2.43 bits per heavy atom. The number of rotatable bonds is 11. The van der Waals surface area contributed by atoms with Gasteiger partial charge in [0.2, 0.25) is 0 Å². The van der Waals surface area contributed by atoms with Gasteiger partial charge in [-0.05, 0) is 56.9 Å². The molecule has 2 aromatic rings. The van der Waals surface area contributed by atoms with Crippen LogP contribution in [0.25, 0.3) is 11.1 Å². The number of pyridine rings is 1. The van der Waals surface area contributed by atoms with Crippen molar-refractivity contribution in [3.63, 3.8) is 0 Å². The average molecular weight is 519 g/mol. The highest BCUT2D eigenvalue weighted by Crippen LogP contribution is 2.32. The normalized spacial score (nSPS) is 22.4. The van der Waals surface area contributed by atoms with Crippen LogP contribution in [0.4, 0.5) is 20.3 Å². The van der Waals surface area contributed by atoms with E-state index in [-0.39, 0.29) is 22.8 Å². The van der Waals surface area contributed by atoms with E-state index < -0.39 is 11.6 Å². The van der Waals surface area contributed by atoms with Crippen LogP contribution in [-0.4, -0.2) is 69.3 Å². The van der Waals surface area contributed by atoms with E-state index >= 15 is 0 Å². The van der Waals surface area contributed by atoms with Gasteiger partial charge in [0.05, 0.1) is 18.4 Å². The largest absolute Gasteiger partial charge is 0.383 e. The van der Waals surface area contributed by atoms with E-state index in [1.807, 2.05) is 0 Å². The van der Waals surface area contributed by atoms with Crippen LogP contribution in [0, 0.1) is 11.6 Å². The Morgan fingerprint density at radius 1 is 1.03 bits per heavy atom. The predicted octanol–water partition coefficient (Wildman–Crippen LogP) is 4.98. The smallest absolute Gasteiger partial charge is 0.149 e.